The zero-order valence-corrected chi connectivity index (χ0v) is 7.02. The molecule has 13 heavy (non-hydrogen) atoms. The van der Waals surface area contributed by atoms with E-state index in [0.29, 0.717) is 0 Å². The van der Waals surface area contributed by atoms with Crippen molar-refractivity contribution in [2.45, 2.75) is 13.0 Å². The standard InChI is InChI=1S/C7H5ClF3NO/c8-5-3(7(10)11)1-12-4(2-13)6(5)9/h1,7,13H,2H2. The third-order valence-electron chi connectivity index (χ3n) is 1.44. The van der Waals surface area contributed by atoms with Crippen molar-refractivity contribution in [3.05, 3.63) is 28.3 Å². The lowest BCUT2D eigenvalue weighted by Crippen LogP contribution is -1.99. The summed E-state index contributed by atoms with van der Waals surface area (Å²) in [7, 11) is 0. The van der Waals surface area contributed by atoms with Crippen LogP contribution in [0, 0.1) is 5.82 Å². The smallest absolute Gasteiger partial charge is 0.266 e. The summed E-state index contributed by atoms with van der Waals surface area (Å²) in [6.45, 7) is -0.672. The molecule has 0 saturated heterocycles. The molecule has 0 saturated carbocycles. The number of aromatic nitrogens is 1. The maximum Gasteiger partial charge on any atom is 0.266 e. The fourth-order valence-corrected chi connectivity index (χ4v) is 1.02. The van der Waals surface area contributed by atoms with E-state index in [9.17, 15) is 13.2 Å². The molecule has 0 unspecified atom stereocenters. The van der Waals surface area contributed by atoms with Crippen molar-refractivity contribution in [2.75, 3.05) is 0 Å². The van der Waals surface area contributed by atoms with Crippen LogP contribution in [-0.4, -0.2) is 10.1 Å². The summed E-state index contributed by atoms with van der Waals surface area (Å²) in [6, 6.07) is 0. The summed E-state index contributed by atoms with van der Waals surface area (Å²) in [4.78, 5) is 3.29. The Kier molecular flexibility index (Phi) is 3.11. The number of halogens is 4. The van der Waals surface area contributed by atoms with Gasteiger partial charge >= 0.3 is 0 Å². The number of rotatable bonds is 2. The average molecular weight is 212 g/mol. The molecule has 0 aliphatic heterocycles. The normalized spacial score (nSPS) is 10.9. The lowest BCUT2D eigenvalue weighted by molar-refractivity contribution is 0.150. The Morgan fingerprint density at radius 3 is 2.62 bits per heavy atom. The van der Waals surface area contributed by atoms with Gasteiger partial charge in [-0.3, -0.25) is 4.98 Å². The maximum atomic E-state index is 12.9. The Hall–Kier alpha value is -0.810. The minimum absolute atomic E-state index is 0.339. The van der Waals surface area contributed by atoms with Crippen molar-refractivity contribution in [3.63, 3.8) is 0 Å². The maximum absolute atomic E-state index is 12.9. The zero-order valence-electron chi connectivity index (χ0n) is 6.27. The second kappa shape index (κ2) is 3.93. The monoisotopic (exact) mass is 211 g/mol. The van der Waals surface area contributed by atoms with Gasteiger partial charge in [-0.2, -0.15) is 0 Å². The fraction of sp³-hybridized carbons (Fsp3) is 0.286. The molecule has 0 radical (unpaired) electrons. The van der Waals surface area contributed by atoms with E-state index in [0.717, 1.165) is 6.20 Å². The largest absolute Gasteiger partial charge is 0.390 e. The number of pyridine rings is 1. The van der Waals surface area contributed by atoms with E-state index in [4.69, 9.17) is 16.7 Å². The van der Waals surface area contributed by atoms with Gasteiger partial charge in [0.15, 0.2) is 5.82 Å². The van der Waals surface area contributed by atoms with Crippen LogP contribution in [0.5, 0.6) is 0 Å². The molecular weight excluding hydrogens is 207 g/mol. The van der Waals surface area contributed by atoms with Crippen molar-refractivity contribution in [1.29, 1.82) is 0 Å². The highest BCUT2D eigenvalue weighted by atomic mass is 35.5. The molecule has 6 heteroatoms. The number of alkyl halides is 2. The third kappa shape index (κ3) is 1.92. The van der Waals surface area contributed by atoms with Gasteiger partial charge in [0.1, 0.15) is 5.69 Å². The highest BCUT2D eigenvalue weighted by molar-refractivity contribution is 6.31. The molecule has 1 rings (SSSR count). The van der Waals surface area contributed by atoms with Crippen LogP contribution < -0.4 is 0 Å². The molecule has 2 nitrogen and oxygen atoms in total. The van der Waals surface area contributed by atoms with Crippen LogP contribution in [0.25, 0.3) is 0 Å². The van der Waals surface area contributed by atoms with Crippen LogP contribution in [0.3, 0.4) is 0 Å². The Morgan fingerprint density at radius 1 is 1.54 bits per heavy atom. The van der Waals surface area contributed by atoms with Crippen LogP contribution in [0.2, 0.25) is 5.02 Å². The van der Waals surface area contributed by atoms with E-state index in [1.165, 1.54) is 0 Å². The minimum Gasteiger partial charge on any atom is -0.390 e. The summed E-state index contributed by atoms with van der Waals surface area (Å²) < 4.78 is 37.1. The highest BCUT2D eigenvalue weighted by Crippen LogP contribution is 2.29. The summed E-state index contributed by atoms with van der Waals surface area (Å²) in [5.74, 6) is -1.10. The van der Waals surface area contributed by atoms with Crippen LogP contribution in [0.15, 0.2) is 6.20 Å². The molecule has 1 aromatic rings. The van der Waals surface area contributed by atoms with E-state index in [1.54, 1.807) is 0 Å². The lowest BCUT2D eigenvalue weighted by Gasteiger charge is -2.05. The second-order valence-electron chi connectivity index (χ2n) is 2.25. The van der Waals surface area contributed by atoms with Crippen molar-refractivity contribution in [3.8, 4) is 0 Å². The molecule has 0 fully saturated rings. The number of hydrogen-bond acceptors (Lipinski definition) is 2. The Labute approximate surface area is 77.0 Å². The number of aliphatic hydroxyl groups is 1. The average Bonchev–Trinajstić information content (AvgIpc) is 2.09. The van der Waals surface area contributed by atoms with Gasteiger partial charge in [0.25, 0.3) is 6.43 Å². The quantitative estimate of drug-likeness (QED) is 0.814. The van der Waals surface area contributed by atoms with Crippen LogP contribution >= 0.6 is 11.6 Å². The molecule has 1 heterocycles. The highest BCUT2D eigenvalue weighted by Gasteiger charge is 2.18. The minimum atomic E-state index is -2.87. The lowest BCUT2D eigenvalue weighted by atomic mass is 10.2. The van der Waals surface area contributed by atoms with Crippen LogP contribution in [-0.2, 0) is 6.61 Å². The second-order valence-corrected chi connectivity index (χ2v) is 2.62. The SMILES string of the molecule is OCc1ncc(C(F)F)c(Cl)c1F. The third-order valence-corrected chi connectivity index (χ3v) is 1.83. The summed E-state index contributed by atoms with van der Waals surface area (Å²) >= 11 is 5.27. The van der Waals surface area contributed by atoms with Gasteiger partial charge in [-0.05, 0) is 0 Å². The van der Waals surface area contributed by atoms with Gasteiger partial charge in [-0.1, -0.05) is 11.6 Å². The van der Waals surface area contributed by atoms with Crippen LogP contribution in [0.4, 0.5) is 13.2 Å². The molecule has 1 N–H and O–H groups in total. The van der Waals surface area contributed by atoms with Gasteiger partial charge in [-0.25, -0.2) is 13.2 Å². The first kappa shape index (κ1) is 10.3. The Morgan fingerprint density at radius 2 is 2.15 bits per heavy atom. The first-order valence-corrected chi connectivity index (χ1v) is 3.67. The molecule has 1 aromatic heterocycles. The summed E-state index contributed by atoms with van der Waals surface area (Å²) in [6.07, 6.45) is -2.12. The van der Waals surface area contributed by atoms with Crippen LogP contribution in [0.1, 0.15) is 17.7 Å². The van der Waals surface area contributed by atoms with Crippen molar-refractivity contribution in [1.82, 2.24) is 4.98 Å². The van der Waals surface area contributed by atoms with Gasteiger partial charge in [0.05, 0.1) is 17.2 Å². The van der Waals surface area contributed by atoms with Gasteiger partial charge in [0, 0.05) is 6.20 Å². The predicted molar refractivity (Wildman–Crippen MR) is 40.1 cm³/mol. The van der Waals surface area contributed by atoms with E-state index < -0.39 is 29.4 Å². The first-order chi connectivity index (χ1) is 6.07. The molecule has 0 atom stereocenters. The van der Waals surface area contributed by atoms with Crippen molar-refractivity contribution < 1.29 is 18.3 Å². The van der Waals surface area contributed by atoms with E-state index in [1.807, 2.05) is 0 Å². The molecule has 0 bridgehead atoms. The molecule has 0 amide bonds. The van der Waals surface area contributed by atoms with Gasteiger partial charge in [-0.15, -0.1) is 0 Å². The van der Waals surface area contributed by atoms with Gasteiger partial charge in [0.2, 0.25) is 0 Å². The molecule has 0 aliphatic rings. The van der Waals surface area contributed by atoms with Crippen molar-refractivity contribution >= 4 is 11.6 Å². The topological polar surface area (TPSA) is 33.1 Å². The summed E-state index contributed by atoms with van der Waals surface area (Å²) in [5.41, 5.74) is -1.01. The van der Waals surface area contributed by atoms with E-state index >= 15 is 0 Å². The number of aliphatic hydroxyl groups excluding tert-OH is 1. The van der Waals surface area contributed by atoms with Crippen molar-refractivity contribution in [2.24, 2.45) is 0 Å². The zero-order chi connectivity index (χ0) is 10.0. The Balaban J connectivity index is 3.23. The molecule has 0 spiro atoms. The molecular formula is C7H5ClF3NO. The Bertz CT molecular complexity index is 319. The first-order valence-electron chi connectivity index (χ1n) is 3.29. The molecule has 72 valence electrons. The fourth-order valence-electron chi connectivity index (χ4n) is 0.777. The number of nitrogens with zero attached hydrogens (tertiary/aromatic N) is 1. The van der Waals surface area contributed by atoms with E-state index in [-0.39, 0.29) is 5.69 Å². The van der Waals surface area contributed by atoms with Gasteiger partial charge < -0.3 is 5.11 Å². The van der Waals surface area contributed by atoms with E-state index in [2.05, 4.69) is 4.98 Å². The molecule has 0 aromatic carbocycles. The predicted octanol–water partition coefficient (Wildman–Crippen LogP) is 2.30. The summed E-state index contributed by atoms with van der Waals surface area (Å²) in [5, 5.41) is 7.84. The number of hydrogen-bond donors (Lipinski definition) is 1. The molecule has 0 aliphatic carbocycles.